The Bertz CT molecular complexity index is 1300. The molecule has 3 aromatic rings. The number of carbonyl (C=O) groups is 1. The maximum absolute atomic E-state index is 13.2. The van der Waals surface area contributed by atoms with Gasteiger partial charge in [-0.3, -0.25) is 14.6 Å². The Hall–Kier alpha value is -3.94. The monoisotopic (exact) mass is 442 g/mol. The van der Waals surface area contributed by atoms with Crippen LogP contribution in [0.1, 0.15) is 18.4 Å². The highest BCUT2D eigenvalue weighted by atomic mass is 16.1. The molecule has 0 spiro atoms. The minimum absolute atomic E-state index is 0.112. The topological polar surface area (TPSA) is 94.2 Å². The molecule has 1 saturated heterocycles. The van der Waals surface area contributed by atoms with Crippen molar-refractivity contribution in [2.75, 3.05) is 36.4 Å². The van der Waals surface area contributed by atoms with Crippen molar-refractivity contribution in [2.45, 2.75) is 19.8 Å². The lowest BCUT2D eigenvalue weighted by molar-refractivity contribution is -0.112. The molecule has 0 unspecified atom stereocenters. The van der Waals surface area contributed by atoms with Crippen molar-refractivity contribution >= 4 is 28.3 Å². The number of aryl methyl sites for hydroxylation is 1. The van der Waals surface area contributed by atoms with Crippen LogP contribution < -0.4 is 15.8 Å². The molecule has 1 amide bonds. The summed E-state index contributed by atoms with van der Waals surface area (Å²) in [4.78, 5) is 40.9. The third-order valence-corrected chi connectivity index (χ3v) is 6.18. The number of hydrogen-bond acceptors (Lipinski definition) is 6. The zero-order valence-corrected chi connectivity index (χ0v) is 18.5. The number of benzene rings is 1. The molecule has 3 heterocycles. The van der Waals surface area contributed by atoms with Crippen molar-refractivity contribution in [3.8, 4) is 0 Å². The van der Waals surface area contributed by atoms with Gasteiger partial charge in [-0.2, -0.15) is 0 Å². The molecule has 1 fully saturated rings. The first-order chi connectivity index (χ1) is 16.1. The normalized spacial score (nSPS) is 16.4. The van der Waals surface area contributed by atoms with Crippen molar-refractivity contribution in [1.82, 2.24) is 19.9 Å². The van der Waals surface area contributed by atoms with E-state index in [1.807, 2.05) is 31.2 Å². The number of carbonyl (C=O) groups excluding carboxylic acids is 1. The zero-order valence-electron chi connectivity index (χ0n) is 18.5. The van der Waals surface area contributed by atoms with Crippen LogP contribution in [0.25, 0.3) is 10.9 Å². The van der Waals surface area contributed by atoms with Crippen LogP contribution in [0.5, 0.6) is 0 Å². The smallest absolute Gasteiger partial charge is 0.257 e. The zero-order chi connectivity index (χ0) is 22.8. The fraction of sp³-hybridized carbons (Fsp3) is 0.280. The lowest BCUT2D eigenvalue weighted by Crippen LogP contribution is -2.47. The highest BCUT2D eigenvalue weighted by molar-refractivity contribution is 6.07. The standard InChI is InChI=1S/C25H26N6O2/c1-17-14-24(32)29-21-7-6-18(15-20(17)21)28-25(33)19-4-2-3-5-22(19)30-10-12-31(13-11-30)23-16-26-8-9-27-23/h4-9,14-16H,2-3,10-13H2,1H3,(H,28,33)(H,29,32). The number of aromatic amines is 1. The number of fused-ring (bicyclic) bond motifs is 1. The molecule has 2 N–H and O–H groups in total. The number of piperazine rings is 1. The third-order valence-electron chi connectivity index (χ3n) is 6.18. The number of H-pyrrole nitrogens is 1. The van der Waals surface area contributed by atoms with Crippen LogP contribution in [0, 0.1) is 6.92 Å². The van der Waals surface area contributed by atoms with E-state index in [1.54, 1.807) is 24.7 Å². The van der Waals surface area contributed by atoms with Crippen LogP contribution in [-0.2, 0) is 4.79 Å². The Morgan fingerprint density at radius 1 is 1.03 bits per heavy atom. The van der Waals surface area contributed by atoms with Gasteiger partial charge in [0.1, 0.15) is 5.82 Å². The summed E-state index contributed by atoms with van der Waals surface area (Å²) in [6.07, 6.45) is 11.2. The summed E-state index contributed by atoms with van der Waals surface area (Å²) in [5.74, 6) is 0.773. The van der Waals surface area contributed by atoms with Gasteiger partial charge in [0.15, 0.2) is 0 Å². The van der Waals surface area contributed by atoms with E-state index in [1.165, 1.54) is 0 Å². The van der Waals surface area contributed by atoms with Crippen LogP contribution in [0.2, 0.25) is 0 Å². The molecule has 1 aliphatic heterocycles. The number of aromatic nitrogens is 3. The summed E-state index contributed by atoms with van der Waals surface area (Å²) in [7, 11) is 0. The van der Waals surface area contributed by atoms with Crippen molar-refractivity contribution in [1.29, 1.82) is 0 Å². The Balaban J connectivity index is 1.30. The van der Waals surface area contributed by atoms with Gasteiger partial charge in [0.05, 0.1) is 11.8 Å². The fourth-order valence-electron chi connectivity index (χ4n) is 4.50. The van der Waals surface area contributed by atoms with Gasteiger partial charge < -0.3 is 20.1 Å². The highest BCUT2D eigenvalue weighted by Crippen LogP contribution is 2.27. The fourth-order valence-corrected chi connectivity index (χ4v) is 4.50. The Kier molecular flexibility index (Phi) is 5.64. The molecule has 2 aliphatic rings. The molecular weight excluding hydrogens is 416 g/mol. The second-order valence-corrected chi connectivity index (χ2v) is 8.35. The molecule has 0 saturated carbocycles. The summed E-state index contributed by atoms with van der Waals surface area (Å²) < 4.78 is 0. The molecule has 0 bridgehead atoms. The van der Waals surface area contributed by atoms with Crippen LogP contribution in [0.4, 0.5) is 11.5 Å². The molecule has 8 nitrogen and oxygen atoms in total. The van der Waals surface area contributed by atoms with Crippen molar-refractivity contribution in [2.24, 2.45) is 0 Å². The maximum atomic E-state index is 13.2. The van der Waals surface area contributed by atoms with Gasteiger partial charge in [0.25, 0.3) is 5.91 Å². The molecule has 8 heteroatoms. The van der Waals surface area contributed by atoms with Gasteiger partial charge in [-0.15, -0.1) is 0 Å². The van der Waals surface area contributed by atoms with Crippen LogP contribution in [0.3, 0.4) is 0 Å². The van der Waals surface area contributed by atoms with E-state index in [0.717, 1.165) is 67.0 Å². The average molecular weight is 443 g/mol. The average Bonchev–Trinajstić information content (AvgIpc) is 2.85. The third kappa shape index (κ3) is 4.37. The Labute approximate surface area is 191 Å². The predicted molar refractivity (Wildman–Crippen MR) is 129 cm³/mol. The van der Waals surface area contributed by atoms with E-state index in [4.69, 9.17) is 0 Å². The van der Waals surface area contributed by atoms with E-state index in [0.29, 0.717) is 11.3 Å². The van der Waals surface area contributed by atoms with Crippen LogP contribution in [0.15, 0.2) is 71.1 Å². The number of anilines is 2. The number of nitrogens with one attached hydrogen (secondary N) is 2. The van der Waals surface area contributed by atoms with Crippen LogP contribution >= 0.6 is 0 Å². The van der Waals surface area contributed by atoms with E-state index in [9.17, 15) is 9.59 Å². The Morgan fingerprint density at radius 3 is 2.61 bits per heavy atom. The van der Waals surface area contributed by atoms with E-state index in [-0.39, 0.29) is 11.5 Å². The number of rotatable bonds is 4. The summed E-state index contributed by atoms with van der Waals surface area (Å²) in [6, 6.07) is 7.13. The lowest BCUT2D eigenvalue weighted by Gasteiger charge is -2.38. The van der Waals surface area contributed by atoms with Gasteiger partial charge in [0, 0.05) is 66.9 Å². The number of pyridine rings is 1. The van der Waals surface area contributed by atoms with Gasteiger partial charge in [0.2, 0.25) is 5.56 Å². The molecular formula is C25H26N6O2. The SMILES string of the molecule is Cc1cc(=O)[nH]c2ccc(NC(=O)C3=CCCC=C3N3CCN(c4cnccn4)CC3)cc12. The predicted octanol–water partition coefficient (Wildman–Crippen LogP) is 2.99. The quantitative estimate of drug-likeness (QED) is 0.645. The molecule has 33 heavy (non-hydrogen) atoms. The molecule has 2 aromatic heterocycles. The summed E-state index contributed by atoms with van der Waals surface area (Å²) in [5.41, 5.74) is 3.94. The minimum atomic E-state index is -0.127. The van der Waals surface area contributed by atoms with Gasteiger partial charge in [-0.25, -0.2) is 4.98 Å². The van der Waals surface area contributed by atoms with Crippen molar-refractivity contribution in [3.05, 3.63) is 82.2 Å². The summed E-state index contributed by atoms with van der Waals surface area (Å²) in [6.45, 7) is 5.18. The molecule has 1 aliphatic carbocycles. The second kappa shape index (κ2) is 8.90. The van der Waals surface area contributed by atoms with Crippen molar-refractivity contribution < 1.29 is 4.79 Å². The molecule has 0 radical (unpaired) electrons. The number of allylic oxidation sites excluding steroid dienone is 2. The molecule has 0 atom stereocenters. The van der Waals surface area contributed by atoms with Gasteiger partial charge >= 0.3 is 0 Å². The van der Waals surface area contributed by atoms with E-state index >= 15 is 0 Å². The first kappa shape index (κ1) is 20.9. The van der Waals surface area contributed by atoms with Crippen LogP contribution in [-0.4, -0.2) is 51.9 Å². The number of nitrogens with zero attached hydrogens (tertiary/aromatic N) is 4. The van der Waals surface area contributed by atoms with E-state index < -0.39 is 0 Å². The molecule has 168 valence electrons. The Morgan fingerprint density at radius 2 is 1.82 bits per heavy atom. The van der Waals surface area contributed by atoms with Crippen molar-refractivity contribution in [3.63, 3.8) is 0 Å². The molecule has 1 aromatic carbocycles. The lowest BCUT2D eigenvalue weighted by atomic mass is 10.0. The van der Waals surface area contributed by atoms with Gasteiger partial charge in [-0.1, -0.05) is 12.2 Å². The molecule has 5 rings (SSSR count). The largest absolute Gasteiger partial charge is 0.368 e. The maximum Gasteiger partial charge on any atom is 0.257 e. The van der Waals surface area contributed by atoms with Gasteiger partial charge in [-0.05, 0) is 43.5 Å². The minimum Gasteiger partial charge on any atom is -0.368 e. The first-order valence-electron chi connectivity index (χ1n) is 11.2. The second-order valence-electron chi connectivity index (χ2n) is 8.35. The first-order valence-corrected chi connectivity index (χ1v) is 11.2. The summed E-state index contributed by atoms with van der Waals surface area (Å²) >= 11 is 0. The summed E-state index contributed by atoms with van der Waals surface area (Å²) in [5, 5.41) is 3.97. The van der Waals surface area contributed by atoms with E-state index in [2.05, 4.69) is 36.1 Å². The number of amides is 1. The number of hydrogen-bond donors (Lipinski definition) is 2. The highest BCUT2D eigenvalue weighted by Gasteiger charge is 2.26.